The fourth-order valence-corrected chi connectivity index (χ4v) is 2.98. The van der Waals surface area contributed by atoms with Crippen LogP contribution in [0.15, 0.2) is 24.3 Å². The zero-order valence-corrected chi connectivity index (χ0v) is 13.9. The fraction of sp³-hybridized carbons (Fsp3) is 0.611. The predicted octanol–water partition coefficient (Wildman–Crippen LogP) is 2.87. The Kier molecular flexibility index (Phi) is 6.25. The molecular weight excluding hydrogens is 276 g/mol. The first-order valence-corrected chi connectivity index (χ1v) is 8.27. The van der Waals surface area contributed by atoms with Crippen LogP contribution in [0.1, 0.15) is 45.1 Å². The van der Waals surface area contributed by atoms with Crippen LogP contribution in [0.4, 0.5) is 0 Å². The van der Waals surface area contributed by atoms with E-state index in [2.05, 4.69) is 17.6 Å². The normalized spacial score (nSPS) is 22.9. The van der Waals surface area contributed by atoms with Gasteiger partial charge in [0.15, 0.2) is 0 Å². The molecule has 122 valence electrons. The van der Waals surface area contributed by atoms with Crippen molar-refractivity contribution < 1.29 is 9.53 Å². The molecule has 4 heteroatoms. The Labute approximate surface area is 133 Å². The van der Waals surface area contributed by atoms with Crippen LogP contribution in [0.3, 0.4) is 0 Å². The summed E-state index contributed by atoms with van der Waals surface area (Å²) in [6.45, 7) is 4.81. The van der Waals surface area contributed by atoms with Crippen molar-refractivity contribution in [2.75, 3.05) is 7.11 Å². The molecule has 0 radical (unpaired) electrons. The molecule has 22 heavy (non-hydrogen) atoms. The van der Waals surface area contributed by atoms with Gasteiger partial charge in [-0.25, -0.2) is 0 Å². The smallest absolute Gasteiger partial charge is 0.237 e. The van der Waals surface area contributed by atoms with Gasteiger partial charge in [0.05, 0.1) is 13.2 Å². The summed E-state index contributed by atoms with van der Waals surface area (Å²) in [5.41, 5.74) is 1.12. The molecule has 2 N–H and O–H groups in total. The summed E-state index contributed by atoms with van der Waals surface area (Å²) in [6.07, 6.45) is 4.84. The summed E-state index contributed by atoms with van der Waals surface area (Å²) in [5, 5.41) is 6.49. The maximum absolute atomic E-state index is 12.3. The molecule has 0 saturated heterocycles. The molecule has 3 atom stereocenters. The van der Waals surface area contributed by atoms with Crippen LogP contribution >= 0.6 is 0 Å². The summed E-state index contributed by atoms with van der Waals surface area (Å²) in [6, 6.07) is 8.04. The predicted molar refractivity (Wildman–Crippen MR) is 88.9 cm³/mol. The van der Waals surface area contributed by atoms with Gasteiger partial charge in [-0.15, -0.1) is 0 Å². The van der Waals surface area contributed by atoms with Crippen LogP contribution in [0.2, 0.25) is 0 Å². The average Bonchev–Trinajstić information content (AvgIpc) is 2.54. The summed E-state index contributed by atoms with van der Waals surface area (Å²) in [4.78, 5) is 12.3. The summed E-state index contributed by atoms with van der Waals surface area (Å²) < 4.78 is 5.21. The van der Waals surface area contributed by atoms with Crippen molar-refractivity contribution in [3.63, 3.8) is 0 Å². The van der Waals surface area contributed by atoms with Crippen molar-refractivity contribution in [2.24, 2.45) is 5.92 Å². The lowest BCUT2D eigenvalue weighted by atomic mass is 9.86. The Bertz CT molecular complexity index is 490. The number of benzene rings is 1. The second-order valence-electron chi connectivity index (χ2n) is 6.33. The van der Waals surface area contributed by atoms with E-state index >= 15 is 0 Å². The van der Waals surface area contributed by atoms with Gasteiger partial charge >= 0.3 is 0 Å². The van der Waals surface area contributed by atoms with Crippen molar-refractivity contribution in [1.29, 1.82) is 0 Å². The van der Waals surface area contributed by atoms with Crippen LogP contribution in [-0.2, 0) is 11.3 Å². The summed E-state index contributed by atoms with van der Waals surface area (Å²) in [5.74, 6) is 1.53. The van der Waals surface area contributed by atoms with Gasteiger partial charge in [0, 0.05) is 12.6 Å². The van der Waals surface area contributed by atoms with Gasteiger partial charge < -0.3 is 15.4 Å². The van der Waals surface area contributed by atoms with Gasteiger partial charge in [-0.05, 0) is 43.4 Å². The zero-order chi connectivity index (χ0) is 15.9. The minimum atomic E-state index is -0.194. The minimum absolute atomic E-state index is 0.0987. The molecule has 1 aromatic rings. The first kappa shape index (κ1) is 16.8. The van der Waals surface area contributed by atoms with E-state index in [0.717, 1.165) is 17.7 Å². The van der Waals surface area contributed by atoms with Crippen LogP contribution < -0.4 is 15.4 Å². The third kappa shape index (κ3) is 4.73. The molecule has 4 nitrogen and oxygen atoms in total. The van der Waals surface area contributed by atoms with E-state index in [-0.39, 0.29) is 11.9 Å². The molecule has 0 aliphatic heterocycles. The van der Waals surface area contributed by atoms with E-state index < -0.39 is 0 Å². The second kappa shape index (κ2) is 8.18. The highest BCUT2D eigenvalue weighted by Crippen LogP contribution is 2.23. The molecule has 0 unspecified atom stereocenters. The SMILES string of the molecule is COc1cccc(CN[C@H](C)C(=O)N[C@@H]2CCCC[C@H]2C)c1. The van der Waals surface area contributed by atoms with Crippen LogP contribution in [-0.4, -0.2) is 25.1 Å². The number of methoxy groups -OCH3 is 1. The summed E-state index contributed by atoms with van der Waals surface area (Å²) >= 11 is 0. The van der Waals surface area contributed by atoms with Crippen LogP contribution in [0, 0.1) is 5.92 Å². The molecule has 1 fully saturated rings. The van der Waals surface area contributed by atoms with Gasteiger partial charge in [-0.2, -0.15) is 0 Å². The van der Waals surface area contributed by atoms with E-state index in [9.17, 15) is 4.79 Å². The molecule has 1 aliphatic rings. The zero-order valence-electron chi connectivity index (χ0n) is 13.9. The molecule has 1 aromatic carbocycles. The first-order valence-electron chi connectivity index (χ1n) is 8.27. The number of hydrogen-bond donors (Lipinski definition) is 2. The Morgan fingerprint density at radius 1 is 1.36 bits per heavy atom. The molecule has 0 spiro atoms. The van der Waals surface area contributed by atoms with Crippen molar-refractivity contribution in [3.8, 4) is 5.75 Å². The van der Waals surface area contributed by atoms with Crippen molar-refractivity contribution in [1.82, 2.24) is 10.6 Å². The molecule has 0 bridgehead atoms. The maximum Gasteiger partial charge on any atom is 0.237 e. The lowest BCUT2D eigenvalue weighted by molar-refractivity contribution is -0.124. The van der Waals surface area contributed by atoms with E-state index in [4.69, 9.17) is 4.74 Å². The highest BCUT2D eigenvalue weighted by molar-refractivity contribution is 5.81. The van der Waals surface area contributed by atoms with Gasteiger partial charge in [0.1, 0.15) is 5.75 Å². The highest BCUT2D eigenvalue weighted by Gasteiger charge is 2.24. The molecular formula is C18H28N2O2. The molecule has 0 aromatic heterocycles. The van der Waals surface area contributed by atoms with Crippen LogP contribution in [0.5, 0.6) is 5.75 Å². The number of nitrogens with one attached hydrogen (secondary N) is 2. The Morgan fingerprint density at radius 2 is 2.14 bits per heavy atom. The number of ether oxygens (including phenoxy) is 1. The third-order valence-corrected chi connectivity index (χ3v) is 4.58. The van der Waals surface area contributed by atoms with Gasteiger partial charge in [-0.1, -0.05) is 31.9 Å². The van der Waals surface area contributed by atoms with E-state index in [0.29, 0.717) is 18.5 Å². The fourth-order valence-electron chi connectivity index (χ4n) is 2.98. The van der Waals surface area contributed by atoms with Crippen LogP contribution in [0.25, 0.3) is 0 Å². The number of rotatable bonds is 6. The molecule has 1 saturated carbocycles. The lowest BCUT2D eigenvalue weighted by Gasteiger charge is -2.30. The second-order valence-corrected chi connectivity index (χ2v) is 6.33. The largest absolute Gasteiger partial charge is 0.497 e. The molecule has 1 aliphatic carbocycles. The van der Waals surface area contributed by atoms with Crippen molar-refractivity contribution in [3.05, 3.63) is 29.8 Å². The number of amides is 1. The molecule has 1 amide bonds. The van der Waals surface area contributed by atoms with Gasteiger partial charge in [0.25, 0.3) is 0 Å². The monoisotopic (exact) mass is 304 g/mol. The van der Waals surface area contributed by atoms with E-state index in [1.165, 1.54) is 19.3 Å². The number of hydrogen-bond acceptors (Lipinski definition) is 3. The number of carbonyl (C=O) groups is 1. The quantitative estimate of drug-likeness (QED) is 0.849. The Hall–Kier alpha value is -1.55. The summed E-state index contributed by atoms with van der Waals surface area (Å²) in [7, 11) is 1.66. The maximum atomic E-state index is 12.3. The minimum Gasteiger partial charge on any atom is -0.497 e. The molecule has 0 heterocycles. The highest BCUT2D eigenvalue weighted by atomic mass is 16.5. The van der Waals surface area contributed by atoms with Gasteiger partial charge in [0.2, 0.25) is 5.91 Å². The number of carbonyl (C=O) groups excluding carboxylic acids is 1. The Balaban J connectivity index is 1.80. The average molecular weight is 304 g/mol. The van der Waals surface area contributed by atoms with E-state index in [1.807, 2.05) is 31.2 Å². The van der Waals surface area contributed by atoms with Crippen molar-refractivity contribution >= 4 is 5.91 Å². The van der Waals surface area contributed by atoms with Gasteiger partial charge in [-0.3, -0.25) is 4.79 Å². The first-order chi connectivity index (χ1) is 10.6. The van der Waals surface area contributed by atoms with Crippen molar-refractivity contribution in [2.45, 2.75) is 58.2 Å². The van der Waals surface area contributed by atoms with E-state index in [1.54, 1.807) is 7.11 Å². The standard InChI is InChI=1S/C18H28N2O2/c1-13-7-4-5-10-17(13)20-18(21)14(2)19-12-15-8-6-9-16(11-15)22-3/h6,8-9,11,13-14,17,19H,4-5,7,10,12H2,1-3H3,(H,20,21)/t13-,14-,17-/m1/s1. The molecule has 2 rings (SSSR count). The third-order valence-electron chi connectivity index (χ3n) is 4.58. The topological polar surface area (TPSA) is 50.4 Å². The lowest BCUT2D eigenvalue weighted by Crippen LogP contribution is -2.48. The Morgan fingerprint density at radius 3 is 2.86 bits per heavy atom.